The molecule has 3 saturated heterocycles. The van der Waals surface area contributed by atoms with Gasteiger partial charge in [0.15, 0.2) is 12.6 Å². The van der Waals surface area contributed by atoms with Gasteiger partial charge in [-0.05, 0) is 0 Å². The lowest BCUT2D eigenvalue weighted by Gasteiger charge is -2.47. The Bertz CT molecular complexity index is 651. The summed E-state index contributed by atoms with van der Waals surface area (Å²) in [5, 5.41) is 109. The van der Waals surface area contributed by atoms with Gasteiger partial charge in [-0.15, -0.1) is 0 Å². The number of rotatable bonds is 8. The SMILES string of the molecule is OC[C@H]1O[C@@H](O[C@H]2[C@H](O)[C@@H](O)[C@H](O[C@]3(CO)O[C@H](CO)[C@@H](O)[C@@H]3O)O[C@@H]2CO)[C@H](O)[C@@H](O)[C@H]1O. The lowest BCUT2D eigenvalue weighted by molar-refractivity contribution is -0.398. The van der Waals surface area contributed by atoms with Crippen molar-refractivity contribution in [2.24, 2.45) is 0 Å². The van der Waals surface area contributed by atoms with Gasteiger partial charge in [0.05, 0.1) is 19.8 Å². The zero-order chi connectivity index (χ0) is 25.4. The highest BCUT2D eigenvalue weighted by Gasteiger charge is 2.59. The van der Waals surface area contributed by atoms with Gasteiger partial charge in [-0.25, -0.2) is 0 Å². The number of hydrogen-bond acceptors (Lipinski definition) is 16. The van der Waals surface area contributed by atoms with Crippen LogP contribution < -0.4 is 0 Å². The van der Waals surface area contributed by atoms with Crippen molar-refractivity contribution in [3.63, 3.8) is 0 Å². The summed E-state index contributed by atoms with van der Waals surface area (Å²) in [5.41, 5.74) is 0. The zero-order valence-corrected chi connectivity index (χ0v) is 17.8. The van der Waals surface area contributed by atoms with Crippen molar-refractivity contribution in [3.05, 3.63) is 0 Å². The van der Waals surface area contributed by atoms with Crippen LogP contribution in [0.3, 0.4) is 0 Å². The molecular weight excluding hydrogens is 472 g/mol. The van der Waals surface area contributed by atoms with E-state index in [-0.39, 0.29) is 0 Å². The third-order valence-corrected chi connectivity index (χ3v) is 6.18. The van der Waals surface area contributed by atoms with E-state index in [2.05, 4.69) is 0 Å². The van der Waals surface area contributed by atoms with Crippen LogP contribution in [-0.4, -0.2) is 168 Å². The molecule has 0 spiro atoms. The lowest BCUT2D eigenvalue weighted by Crippen LogP contribution is -2.66. The molecule has 3 fully saturated rings. The quantitative estimate of drug-likeness (QED) is 0.146. The minimum atomic E-state index is -2.36. The van der Waals surface area contributed by atoms with Crippen molar-refractivity contribution in [1.29, 1.82) is 0 Å². The van der Waals surface area contributed by atoms with Gasteiger partial charge in [-0.1, -0.05) is 0 Å². The number of aliphatic hydroxyl groups excluding tert-OH is 11. The number of ether oxygens (including phenoxy) is 5. The van der Waals surface area contributed by atoms with Gasteiger partial charge in [-0.2, -0.15) is 0 Å². The van der Waals surface area contributed by atoms with E-state index in [1.165, 1.54) is 0 Å². The van der Waals surface area contributed by atoms with E-state index < -0.39 is 112 Å². The first-order chi connectivity index (χ1) is 16.0. The molecule has 0 aromatic rings. The second kappa shape index (κ2) is 11.2. The fraction of sp³-hybridized carbons (Fsp3) is 1.00. The molecule has 0 unspecified atom stereocenters. The zero-order valence-electron chi connectivity index (χ0n) is 17.8. The molecule has 3 rings (SSSR count). The van der Waals surface area contributed by atoms with E-state index in [1.807, 2.05) is 0 Å². The van der Waals surface area contributed by atoms with E-state index in [4.69, 9.17) is 23.7 Å². The van der Waals surface area contributed by atoms with Crippen LogP contribution in [0, 0.1) is 0 Å². The van der Waals surface area contributed by atoms with Crippen molar-refractivity contribution in [2.45, 2.75) is 85.5 Å². The van der Waals surface area contributed by atoms with Gasteiger partial charge in [0.1, 0.15) is 73.8 Å². The summed E-state index contributed by atoms with van der Waals surface area (Å²) in [6.07, 6.45) is -22.0. The minimum absolute atomic E-state index is 0.742. The number of aliphatic hydroxyl groups is 11. The van der Waals surface area contributed by atoms with Crippen molar-refractivity contribution in [3.8, 4) is 0 Å². The molecule has 11 N–H and O–H groups in total. The Kier molecular flexibility index (Phi) is 9.18. The lowest BCUT2D eigenvalue weighted by atomic mass is 9.97. The molecule has 200 valence electrons. The highest BCUT2D eigenvalue weighted by Crippen LogP contribution is 2.37. The highest BCUT2D eigenvalue weighted by molar-refractivity contribution is 4.99. The topological polar surface area (TPSA) is 269 Å². The number of hydrogen-bond donors (Lipinski definition) is 11. The monoisotopic (exact) mass is 504 g/mol. The molecule has 0 aromatic carbocycles. The van der Waals surface area contributed by atoms with E-state index in [9.17, 15) is 56.2 Å². The van der Waals surface area contributed by atoms with Crippen LogP contribution in [0.1, 0.15) is 0 Å². The summed E-state index contributed by atoms with van der Waals surface area (Å²) >= 11 is 0. The largest absolute Gasteiger partial charge is 0.394 e. The molecule has 34 heavy (non-hydrogen) atoms. The summed E-state index contributed by atoms with van der Waals surface area (Å²) in [5.74, 6) is -2.36. The molecule has 0 amide bonds. The van der Waals surface area contributed by atoms with E-state index in [0.29, 0.717) is 0 Å². The third-order valence-electron chi connectivity index (χ3n) is 6.18. The first-order valence-corrected chi connectivity index (χ1v) is 10.6. The van der Waals surface area contributed by atoms with Gasteiger partial charge in [-0.3, -0.25) is 0 Å². The molecule has 14 atom stereocenters. The summed E-state index contributed by atoms with van der Waals surface area (Å²) in [7, 11) is 0. The molecule has 16 nitrogen and oxygen atoms in total. The fourth-order valence-corrected chi connectivity index (χ4v) is 4.12. The van der Waals surface area contributed by atoms with E-state index >= 15 is 0 Å². The Hall–Kier alpha value is -0.640. The average molecular weight is 504 g/mol. The fourth-order valence-electron chi connectivity index (χ4n) is 4.12. The van der Waals surface area contributed by atoms with Crippen LogP contribution >= 0.6 is 0 Å². The molecular formula is C18H32O16. The predicted octanol–water partition coefficient (Wildman–Crippen LogP) is -7.57. The second-order valence-corrected chi connectivity index (χ2v) is 8.37. The molecule has 16 heteroatoms. The van der Waals surface area contributed by atoms with Gasteiger partial charge in [0, 0.05) is 0 Å². The Morgan fingerprint density at radius 2 is 1.15 bits per heavy atom. The molecule has 0 aromatic heterocycles. The summed E-state index contributed by atoms with van der Waals surface area (Å²) < 4.78 is 26.6. The molecule has 3 aliphatic heterocycles. The minimum Gasteiger partial charge on any atom is -0.394 e. The van der Waals surface area contributed by atoms with Gasteiger partial charge in [0.2, 0.25) is 5.79 Å². The van der Waals surface area contributed by atoms with Crippen LogP contribution in [0.4, 0.5) is 0 Å². The van der Waals surface area contributed by atoms with Crippen molar-refractivity contribution < 1.29 is 79.9 Å². The normalized spacial score (nSPS) is 52.1. The molecule has 0 saturated carbocycles. The molecule has 0 aliphatic carbocycles. The summed E-state index contributed by atoms with van der Waals surface area (Å²) in [6.45, 7) is -3.39. The van der Waals surface area contributed by atoms with Crippen LogP contribution in [0.25, 0.3) is 0 Å². The van der Waals surface area contributed by atoms with Crippen LogP contribution in [0.15, 0.2) is 0 Å². The molecule has 0 bridgehead atoms. The van der Waals surface area contributed by atoms with Crippen molar-refractivity contribution in [2.75, 3.05) is 26.4 Å². The molecule has 3 aliphatic rings. The van der Waals surface area contributed by atoms with Gasteiger partial charge < -0.3 is 79.9 Å². The third kappa shape index (κ3) is 4.96. The van der Waals surface area contributed by atoms with Gasteiger partial charge >= 0.3 is 0 Å². The van der Waals surface area contributed by atoms with Crippen LogP contribution in [-0.2, 0) is 23.7 Å². The maximum Gasteiger partial charge on any atom is 0.224 e. The second-order valence-electron chi connectivity index (χ2n) is 8.37. The average Bonchev–Trinajstić information content (AvgIpc) is 3.08. The maximum atomic E-state index is 10.6. The molecule has 0 radical (unpaired) electrons. The first-order valence-electron chi connectivity index (χ1n) is 10.6. The highest BCUT2D eigenvalue weighted by atomic mass is 16.8. The van der Waals surface area contributed by atoms with Crippen LogP contribution in [0.5, 0.6) is 0 Å². The standard InChI is InChI=1S/C18H32O16/c19-1-5-8(23)10(25)12(27)16(30-5)32-14-7(3-21)31-17(13(28)11(14)26)34-18(4-22)15(29)9(24)6(2-20)33-18/h5-17,19-29H,1-4H2/t5-,6-,7-,8+,9-,10+,11-,12-,13-,14-,15+,16+,17+,18+/m1/s1. The van der Waals surface area contributed by atoms with E-state index in [1.54, 1.807) is 0 Å². The van der Waals surface area contributed by atoms with Crippen LogP contribution in [0.2, 0.25) is 0 Å². The predicted molar refractivity (Wildman–Crippen MR) is 101 cm³/mol. The first kappa shape index (κ1) is 27.9. The Morgan fingerprint density at radius 1 is 0.588 bits per heavy atom. The Balaban J connectivity index is 1.74. The molecule has 3 heterocycles. The smallest absolute Gasteiger partial charge is 0.224 e. The summed E-state index contributed by atoms with van der Waals surface area (Å²) in [4.78, 5) is 0. The van der Waals surface area contributed by atoms with Gasteiger partial charge in [0.25, 0.3) is 0 Å². The van der Waals surface area contributed by atoms with Crippen molar-refractivity contribution in [1.82, 2.24) is 0 Å². The Morgan fingerprint density at radius 3 is 1.68 bits per heavy atom. The summed E-state index contributed by atoms with van der Waals surface area (Å²) in [6, 6.07) is 0. The Labute approximate surface area is 192 Å². The maximum absolute atomic E-state index is 10.6. The van der Waals surface area contributed by atoms with E-state index in [0.717, 1.165) is 0 Å². The van der Waals surface area contributed by atoms with Crippen molar-refractivity contribution >= 4 is 0 Å².